The molecule has 0 saturated carbocycles. The third-order valence-electron chi connectivity index (χ3n) is 6.01. The number of hydrogen-bond acceptors (Lipinski definition) is 6. The second-order valence-corrected chi connectivity index (χ2v) is 9.85. The molecule has 2 heterocycles. The van der Waals surface area contributed by atoms with Crippen molar-refractivity contribution < 1.29 is 13.9 Å². The van der Waals surface area contributed by atoms with Crippen molar-refractivity contribution in [3.63, 3.8) is 0 Å². The first-order valence-corrected chi connectivity index (χ1v) is 12.7. The van der Waals surface area contributed by atoms with Gasteiger partial charge in [0, 0.05) is 25.0 Å². The number of nitrogens with zero attached hydrogens (tertiary/aromatic N) is 2. The molecule has 36 heavy (non-hydrogen) atoms. The first kappa shape index (κ1) is 24.0. The van der Waals surface area contributed by atoms with E-state index in [4.69, 9.17) is 14.5 Å². The molecule has 1 aliphatic rings. The van der Waals surface area contributed by atoms with Gasteiger partial charge in [0.2, 0.25) is 6.79 Å². The van der Waals surface area contributed by atoms with Crippen LogP contribution in [0.3, 0.4) is 0 Å². The van der Waals surface area contributed by atoms with Crippen LogP contribution in [0.15, 0.2) is 78.7 Å². The zero-order valence-corrected chi connectivity index (χ0v) is 21.0. The number of aryl methyl sites for hydroxylation is 1. The van der Waals surface area contributed by atoms with Crippen LogP contribution in [0, 0.1) is 12.7 Å². The fraction of sp³-hybridized carbons (Fsp3) is 0.207. The minimum absolute atomic E-state index is 0.238. The van der Waals surface area contributed by atoms with E-state index in [-0.39, 0.29) is 12.6 Å². The molecule has 1 aliphatic heterocycles. The summed E-state index contributed by atoms with van der Waals surface area (Å²) < 4.78 is 24.2. The number of fused-ring (bicyclic) bond motifs is 1. The Hall–Kier alpha value is -3.68. The maximum absolute atomic E-state index is 13.1. The Morgan fingerprint density at radius 3 is 2.44 bits per heavy atom. The Bertz CT molecular complexity index is 1340. The maximum atomic E-state index is 13.1. The number of thiazole rings is 1. The second-order valence-electron chi connectivity index (χ2n) is 8.90. The molecule has 0 amide bonds. The third-order valence-corrected chi connectivity index (χ3v) is 6.84. The first-order valence-electron chi connectivity index (χ1n) is 11.8. The predicted molar refractivity (Wildman–Crippen MR) is 141 cm³/mol. The van der Waals surface area contributed by atoms with E-state index in [1.54, 1.807) is 23.5 Å². The molecule has 0 spiro atoms. The highest BCUT2D eigenvalue weighted by Crippen LogP contribution is 2.33. The number of nitrogens with one attached hydrogen (secondary N) is 1. The number of ether oxygens (including phenoxy) is 2. The number of rotatable bonds is 10. The summed E-state index contributed by atoms with van der Waals surface area (Å²) in [6.07, 6.45) is 0. The monoisotopic (exact) mass is 501 g/mol. The van der Waals surface area contributed by atoms with Gasteiger partial charge in [-0.25, -0.2) is 9.37 Å². The van der Waals surface area contributed by atoms with Crippen molar-refractivity contribution in [3.05, 3.63) is 117 Å². The van der Waals surface area contributed by atoms with Gasteiger partial charge in [0.1, 0.15) is 10.8 Å². The van der Waals surface area contributed by atoms with Crippen LogP contribution in [-0.2, 0) is 26.2 Å². The van der Waals surface area contributed by atoms with Crippen LogP contribution in [0.25, 0.3) is 5.70 Å². The molecule has 0 bridgehead atoms. The molecule has 1 N–H and O–H groups in total. The summed E-state index contributed by atoms with van der Waals surface area (Å²) in [5.41, 5.74) is 6.23. The molecule has 0 radical (unpaired) electrons. The zero-order chi connectivity index (χ0) is 24.9. The van der Waals surface area contributed by atoms with E-state index in [9.17, 15) is 4.39 Å². The Morgan fingerprint density at radius 2 is 1.64 bits per heavy atom. The van der Waals surface area contributed by atoms with Crippen LogP contribution in [-0.4, -0.2) is 16.7 Å². The average Bonchev–Trinajstić information content (AvgIpc) is 3.54. The van der Waals surface area contributed by atoms with Gasteiger partial charge in [-0.3, -0.25) is 4.90 Å². The van der Waals surface area contributed by atoms with Crippen molar-refractivity contribution in [2.75, 3.05) is 6.79 Å². The highest BCUT2D eigenvalue weighted by Gasteiger charge is 2.16. The van der Waals surface area contributed by atoms with Gasteiger partial charge in [-0.2, -0.15) is 0 Å². The van der Waals surface area contributed by atoms with Gasteiger partial charge < -0.3 is 14.8 Å². The quantitative estimate of drug-likeness (QED) is 0.277. The molecular weight excluding hydrogens is 473 g/mol. The smallest absolute Gasteiger partial charge is 0.231 e. The third kappa shape index (κ3) is 6.11. The lowest BCUT2D eigenvalue weighted by Crippen LogP contribution is -2.22. The minimum atomic E-state index is -0.238. The summed E-state index contributed by atoms with van der Waals surface area (Å²) in [6, 6.07) is 21.2. The van der Waals surface area contributed by atoms with E-state index >= 15 is 0 Å². The van der Waals surface area contributed by atoms with Crippen molar-refractivity contribution >= 4 is 17.0 Å². The molecule has 5 rings (SSSR count). The molecule has 5 nitrogen and oxygen atoms in total. The van der Waals surface area contributed by atoms with Crippen LogP contribution in [0.5, 0.6) is 11.5 Å². The van der Waals surface area contributed by atoms with Crippen LogP contribution in [0.4, 0.5) is 4.39 Å². The summed E-state index contributed by atoms with van der Waals surface area (Å²) in [6.45, 7) is 9.34. The van der Waals surface area contributed by atoms with Crippen LogP contribution < -0.4 is 14.8 Å². The van der Waals surface area contributed by atoms with Crippen molar-refractivity contribution in [3.8, 4) is 11.5 Å². The van der Waals surface area contributed by atoms with E-state index in [1.165, 1.54) is 23.3 Å². The van der Waals surface area contributed by atoms with Crippen LogP contribution >= 0.6 is 11.3 Å². The van der Waals surface area contributed by atoms with Crippen molar-refractivity contribution in [1.29, 1.82) is 0 Å². The largest absolute Gasteiger partial charge is 0.454 e. The van der Waals surface area contributed by atoms with Crippen molar-refractivity contribution in [2.45, 2.75) is 33.1 Å². The molecule has 0 unspecified atom stereocenters. The van der Waals surface area contributed by atoms with Gasteiger partial charge in [0.05, 0.1) is 17.9 Å². The van der Waals surface area contributed by atoms with Crippen molar-refractivity contribution in [1.82, 2.24) is 15.2 Å². The van der Waals surface area contributed by atoms with Gasteiger partial charge in [-0.1, -0.05) is 54.6 Å². The molecule has 0 saturated heterocycles. The number of benzene rings is 3. The fourth-order valence-electron chi connectivity index (χ4n) is 4.03. The average molecular weight is 502 g/mol. The molecule has 184 valence electrons. The van der Waals surface area contributed by atoms with Gasteiger partial charge in [0.15, 0.2) is 11.5 Å². The summed E-state index contributed by atoms with van der Waals surface area (Å²) >= 11 is 1.63. The van der Waals surface area contributed by atoms with E-state index < -0.39 is 0 Å². The predicted octanol–water partition coefficient (Wildman–Crippen LogP) is 6.28. The summed E-state index contributed by atoms with van der Waals surface area (Å²) in [5.74, 6) is 1.35. The summed E-state index contributed by atoms with van der Waals surface area (Å²) in [7, 11) is 0. The number of aromatic nitrogens is 1. The molecule has 4 aromatic rings. The summed E-state index contributed by atoms with van der Waals surface area (Å²) in [4.78, 5) is 7.22. The Kier molecular flexibility index (Phi) is 7.30. The van der Waals surface area contributed by atoms with Gasteiger partial charge in [-0.05, 0) is 47.9 Å². The maximum Gasteiger partial charge on any atom is 0.231 e. The normalized spacial score (nSPS) is 12.2. The van der Waals surface area contributed by atoms with E-state index in [2.05, 4.69) is 60.1 Å². The van der Waals surface area contributed by atoms with E-state index in [0.717, 1.165) is 52.1 Å². The molecule has 0 fully saturated rings. The number of hydrogen-bond donors (Lipinski definition) is 1. The Morgan fingerprint density at radius 1 is 0.944 bits per heavy atom. The molecular formula is C29H28FN3O2S. The van der Waals surface area contributed by atoms with Gasteiger partial charge in [0.25, 0.3) is 0 Å². The summed E-state index contributed by atoms with van der Waals surface area (Å²) in [5, 5.41) is 6.34. The molecule has 3 aromatic carbocycles. The molecule has 7 heteroatoms. The minimum Gasteiger partial charge on any atom is -0.454 e. The van der Waals surface area contributed by atoms with Crippen LogP contribution in [0.1, 0.15) is 33.0 Å². The fourth-order valence-corrected chi connectivity index (χ4v) is 4.88. The Balaban J connectivity index is 1.27. The highest BCUT2D eigenvalue weighted by atomic mass is 32.1. The van der Waals surface area contributed by atoms with Crippen molar-refractivity contribution in [2.24, 2.45) is 0 Å². The zero-order valence-electron chi connectivity index (χ0n) is 20.2. The SMILES string of the molecule is C=C(NCc1ccc(F)cc1)c1csc(CN(Cc2ccc(C)cc2)Cc2ccc3c(c2)OCO3)n1. The lowest BCUT2D eigenvalue weighted by Gasteiger charge is -2.22. The van der Waals surface area contributed by atoms with E-state index in [0.29, 0.717) is 13.1 Å². The van der Waals surface area contributed by atoms with Gasteiger partial charge in [-0.15, -0.1) is 11.3 Å². The Labute approximate surface area is 214 Å². The van der Waals surface area contributed by atoms with Gasteiger partial charge >= 0.3 is 0 Å². The lowest BCUT2D eigenvalue weighted by atomic mass is 10.1. The molecule has 1 aromatic heterocycles. The topological polar surface area (TPSA) is 46.6 Å². The lowest BCUT2D eigenvalue weighted by molar-refractivity contribution is 0.174. The number of halogens is 1. The molecule has 0 atom stereocenters. The highest BCUT2D eigenvalue weighted by molar-refractivity contribution is 7.09. The molecule has 0 aliphatic carbocycles. The standard InChI is InChI=1S/C29H28FN3O2S/c1-20-3-5-23(6-4-20)15-33(16-24-9-12-27-28(13-24)35-19-34-27)17-29-32-26(18-36-29)21(2)31-14-22-7-10-25(30)11-8-22/h3-13,18,31H,2,14-17,19H2,1H3. The van der Waals surface area contributed by atoms with E-state index in [1.807, 2.05) is 11.4 Å². The second kappa shape index (κ2) is 10.9. The van der Waals surface area contributed by atoms with Crippen LogP contribution in [0.2, 0.25) is 0 Å². The first-order chi connectivity index (χ1) is 17.5.